The van der Waals surface area contributed by atoms with Crippen LogP contribution in [0.1, 0.15) is 82.7 Å². The molecule has 0 bridgehead atoms. The molecule has 341 valence electrons. The maximum absolute atomic E-state index is 6.57. The Morgan fingerprint density at radius 3 is 2.00 bits per heavy atom. The van der Waals surface area contributed by atoms with E-state index >= 15 is 0 Å². The maximum atomic E-state index is 6.57. The van der Waals surface area contributed by atoms with E-state index in [1.165, 1.54) is 38.7 Å². The fourth-order valence-electron chi connectivity index (χ4n) is 9.39. The summed E-state index contributed by atoms with van der Waals surface area (Å²) in [6, 6.07) is 53.2. The maximum Gasteiger partial charge on any atom is 0.120 e. The van der Waals surface area contributed by atoms with E-state index in [9.17, 15) is 0 Å². The standard InChI is InChI=1S/C41H34N3O.C19H26NSi.Ir/c1-24(2)33-22-28(27-14-7-6-8-15-27)23-34(25(3)4)39(33)44-38-26(5)42-35-20-11-9-17-31(35)37(38)43-41(44)32-19-13-18-30-29-16-10-12-21-36(29)45-40(30)32;1-19(2,3)13-16-12-17(15-10-8-7-9-11-15)20-14-18(16)21(4,5)6;/h6-18,20-25H,1-5H3;7-10,12,14H,13H2,1-6H3;/q2*-1;. The van der Waals surface area contributed by atoms with Crippen molar-refractivity contribution in [2.24, 2.45) is 5.41 Å². The summed E-state index contributed by atoms with van der Waals surface area (Å²) >= 11 is 0. The van der Waals surface area contributed by atoms with Gasteiger partial charge in [-0.05, 0) is 88.0 Å². The minimum absolute atomic E-state index is 0. The van der Waals surface area contributed by atoms with Crippen LogP contribution in [0.4, 0.5) is 0 Å². The van der Waals surface area contributed by atoms with Crippen LogP contribution in [0.25, 0.3) is 83.3 Å². The molecule has 0 spiro atoms. The van der Waals surface area contributed by atoms with Gasteiger partial charge in [-0.2, -0.15) is 0 Å². The Hall–Kier alpha value is -5.98. The van der Waals surface area contributed by atoms with E-state index in [1.807, 2.05) is 42.5 Å². The molecule has 4 heterocycles. The molecule has 0 N–H and O–H groups in total. The van der Waals surface area contributed by atoms with Crippen LogP contribution in [-0.4, -0.2) is 27.6 Å². The number of hydrogen-bond acceptors (Lipinski definition) is 4. The zero-order valence-corrected chi connectivity index (χ0v) is 44.1. The van der Waals surface area contributed by atoms with Crippen LogP contribution in [0.3, 0.4) is 0 Å². The van der Waals surface area contributed by atoms with Gasteiger partial charge in [0.2, 0.25) is 0 Å². The Kier molecular flexibility index (Phi) is 13.4. The molecule has 4 aromatic heterocycles. The van der Waals surface area contributed by atoms with Crippen LogP contribution in [0, 0.1) is 24.5 Å². The van der Waals surface area contributed by atoms with Crippen molar-refractivity contribution in [2.75, 3.05) is 0 Å². The number of aromatic nitrogens is 4. The van der Waals surface area contributed by atoms with E-state index in [1.54, 1.807) is 0 Å². The van der Waals surface area contributed by atoms with Crippen molar-refractivity contribution < 1.29 is 24.5 Å². The topological polar surface area (TPSA) is 56.7 Å². The third-order valence-electron chi connectivity index (χ3n) is 12.5. The van der Waals surface area contributed by atoms with Gasteiger partial charge in [0.15, 0.2) is 0 Å². The van der Waals surface area contributed by atoms with Gasteiger partial charge in [0.1, 0.15) is 5.58 Å². The molecule has 0 fully saturated rings. The van der Waals surface area contributed by atoms with Crippen molar-refractivity contribution in [1.82, 2.24) is 19.5 Å². The molecule has 10 rings (SSSR count). The second-order valence-electron chi connectivity index (χ2n) is 20.5. The summed E-state index contributed by atoms with van der Waals surface area (Å²) in [5, 5.41) is 4.67. The summed E-state index contributed by atoms with van der Waals surface area (Å²) in [4.78, 5) is 15.3. The average Bonchev–Trinajstić information content (AvgIpc) is 3.89. The first-order chi connectivity index (χ1) is 31.6. The quantitative estimate of drug-likeness (QED) is 0.112. The third kappa shape index (κ3) is 9.47. The summed E-state index contributed by atoms with van der Waals surface area (Å²) in [6.45, 7) is 25.3. The number of nitrogens with zero attached hydrogens (tertiary/aromatic N) is 4. The SMILES string of the molecule is CC(C)(C)Cc1cc(-c2[c-]cccc2)ncc1[Si](C)(C)C.Cc1nc2ccccc2c2nc(-c3[c-]ccc4c3oc3ccccc34)n(-c3c(C(C)C)cc(-c4ccccc4)cc3C(C)C)c12.[Ir]. The summed E-state index contributed by atoms with van der Waals surface area (Å²) in [5.41, 5.74) is 16.3. The molecular formula is C60H60IrN4OSi-2. The Balaban J connectivity index is 0.000000234. The van der Waals surface area contributed by atoms with E-state index in [-0.39, 0.29) is 37.4 Å². The van der Waals surface area contributed by atoms with Gasteiger partial charge in [0.25, 0.3) is 0 Å². The zero-order valence-electron chi connectivity index (χ0n) is 40.7. The van der Waals surface area contributed by atoms with Gasteiger partial charge in [-0.1, -0.05) is 157 Å². The molecule has 0 amide bonds. The van der Waals surface area contributed by atoms with Crippen LogP contribution in [-0.2, 0) is 26.5 Å². The predicted octanol–water partition coefficient (Wildman–Crippen LogP) is 15.8. The van der Waals surface area contributed by atoms with Crippen LogP contribution in [0.5, 0.6) is 0 Å². The first kappa shape index (κ1) is 47.5. The molecule has 10 aromatic rings. The summed E-state index contributed by atoms with van der Waals surface area (Å²) in [6.07, 6.45) is 3.21. The second kappa shape index (κ2) is 19.0. The minimum Gasteiger partial charge on any atom is -0.501 e. The molecule has 0 atom stereocenters. The van der Waals surface area contributed by atoms with E-state index in [0.29, 0.717) is 0 Å². The average molecular weight is 1070 g/mol. The van der Waals surface area contributed by atoms with E-state index in [2.05, 4.69) is 189 Å². The Labute approximate surface area is 411 Å². The molecule has 0 aliphatic heterocycles. The van der Waals surface area contributed by atoms with Gasteiger partial charge in [0.05, 0.1) is 41.7 Å². The number of rotatable bonds is 8. The largest absolute Gasteiger partial charge is 0.501 e. The molecule has 0 aliphatic carbocycles. The second-order valence-corrected chi connectivity index (χ2v) is 25.6. The van der Waals surface area contributed by atoms with Crippen molar-refractivity contribution in [2.45, 2.75) is 93.3 Å². The summed E-state index contributed by atoms with van der Waals surface area (Å²) in [5.74, 6) is 1.32. The number of para-hydroxylation sites is 2. The van der Waals surface area contributed by atoms with Gasteiger partial charge in [-0.25, -0.2) is 0 Å². The number of hydrogen-bond donors (Lipinski definition) is 0. The fourth-order valence-corrected chi connectivity index (χ4v) is 11.0. The smallest absolute Gasteiger partial charge is 0.120 e. The molecule has 1 radical (unpaired) electrons. The Bertz CT molecular complexity index is 3340. The number of pyridine rings is 2. The van der Waals surface area contributed by atoms with E-state index < -0.39 is 8.07 Å². The van der Waals surface area contributed by atoms with Crippen molar-refractivity contribution in [3.8, 4) is 39.5 Å². The fraction of sp³-hybridized carbons (Fsp3) is 0.250. The van der Waals surface area contributed by atoms with Crippen LogP contribution >= 0.6 is 0 Å². The molecule has 0 saturated heterocycles. The predicted molar refractivity (Wildman–Crippen MR) is 281 cm³/mol. The monoisotopic (exact) mass is 1070 g/mol. The number of benzene rings is 6. The van der Waals surface area contributed by atoms with Crippen LogP contribution in [0.2, 0.25) is 19.6 Å². The third-order valence-corrected chi connectivity index (χ3v) is 14.5. The molecule has 0 unspecified atom stereocenters. The Morgan fingerprint density at radius 1 is 0.687 bits per heavy atom. The van der Waals surface area contributed by atoms with Crippen molar-refractivity contribution >= 4 is 57.1 Å². The van der Waals surface area contributed by atoms with Crippen LogP contribution in [0.15, 0.2) is 144 Å². The van der Waals surface area contributed by atoms with Crippen molar-refractivity contribution in [3.05, 3.63) is 174 Å². The molecule has 6 aromatic carbocycles. The summed E-state index contributed by atoms with van der Waals surface area (Å²) in [7, 11) is -1.37. The molecular weight excluding hydrogens is 1010 g/mol. The minimum atomic E-state index is -1.37. The number of fused-ring (bicyclic) bond motifs is 6. The zero-order chi connectivity index (χ0) is 46.5. The Morgan fingerprint density at radius 2 is 1.34 bits per heavy atom. The molecule has 0 saturated carbocycles. The first-order valence-corrected chi connectivity index (χ1v) is 26.9. The normalized spacial score (nSPS) is 12.0. The van der Waals surface area contributed by atoms with Gasteiger partial charge >= 0.3 is 0 Å². The van der Waals surface area contributed by atoms with E-state index in [0.717, 1.165) is 78.6 Å². The van der Waals surface area contributed by atoms with Gasteiger partial charge in [0, 0.05) is 42.8 Å². The van der Waals surface area contributed by atoms with Gasteiger partial charge in [-0.3, -0.25) is 9.97 Å². The van der Waals surface area contributed by atoms with Gasteiger partial charge < -0.3 is 14.0 Å². The van der Waals surface area contributed by atoms with E-state index in [4.69, 9.17) is 19.4 Å². The first-order valence-electron chi connectivity index (χ1n) is 23.4. The molecule has 0 aliphatic rings. The van der Waals surface area contributed by atoms with Gasteiger partial charge in [-0.15, -0.1) is 54.1 Å². The number of imidazole rings is 1. The van der Waals surface area contributed by atoms with Crippen LogP contribution < -0.4 is 5.19 Å². The number of aryl methyl sites for hydroxylation is 1. The van der Waals surface area contributed by atoms with Crippen molar-refractivity contribution in [3.63, 3.8) is 0 Å². The summed E-state index contributed by atoms with van der Waals surface area (Å²) < 4.78 is 8.94. The number of furan rings is 1. The molecule has 7 heteroatoms. The molecule has 5 nitrogen and oxygen atoms in total. The van der Waals surface area contributed by atoms with Crippen molar-refractivity contribution in [1.29, 1.82) is 0 Å². The molecule has 67 heavy (non-hydrogen) atoms.